The molecule has 0 saturated carbocycles. The number of sulfonamides is 2. The Kier molecular flexibility index (Phi) is 7.46. The normalized spacial score (nSPS) is 23.3. The van der Waals surface area contributed by atoms with E-state index in [1.165, 1.54) is 6.07 Å². The van der Waals surface area contributed by atoms with Crippen molar-refractivity contribution in [3.8, 4) is 0 Å². The fraction of sp³-hybridized carbons (Fsp3) is 0.522. The van der Waals surface area contributed by atoms with Gasteiger partial charge < -0.3 is 15.0 Å². The monoisotopic (exact) mass is 539 g/mol. The van der Waals surface area contributed by atoms with Gasteiger partial charge in [0, 0.05) is 6.42 Å². The molecule has 1 aromatic carbocycles. The van der Waals surface area contributed by atoms with Crippen LogP contribution in [0.1, 0.15) is 52.5 Å². The number of hydrogen-bond acceptors (Lipinski definition) is 7. The number of amides is 1. The lowest BCUT2D eigenvalue weighted by Crippen LogP contribution is -2.46. The highest BCUT2D eigenvalue weighted by Crippen LogP contribution is 2.48. The Hall–Kier alpha value is -2.35. The summed E-state index contributed by atoms with van der Waals surface area (Å²) in [6.45, 7) is 7.70. The number of nitrogens with one attached hydrogen (secondary N) is 2. The van der Waals surface area contributed by atoms with Crippen molar-refractivity contribution in [2.75, 3.05) is 22.0 Å². The molecular formula is C23H34BN3O7S2. The fourth-order valence-electron chi connectivity index (χ4n) is 4.30. The highest BCUT2D eigenvalue weighted by atomic mass is 32.2. The number of allylic oxidation sites excluding steroid dienone is 4. The molecule has 1 atom stereocenters. The molecule has 0 bridgehead atoms. The summed E-state index contributed by atoms with van der Waals surface area (Å²) in [5.74, 6) is -0.425. The highest BCUT2D eigenvalue weighted by molar-refractivity contribution is 7.92. The van der Waals surface area contributed by atoms with E-state index in [1.807, 2.05) is 45.9 Å². The quantitative estimate of drug-likeness (QED) is 0.407. The second-order valence-electron chi connectivity index (χ2n) is 10.5. The van der Waals surface area contributed by atoms with Crippen LogP contribution in [0.4, 0.5) is 11.4 Å². The molecule has 1 amide bonds. The van der Waals surface area contributed by atoms with E-state index in [0.29, 0.717) is 18.4 Å². The Balaban J connectivity index is 2.20. The summed E-state index contributed by atoms with van der Waals surface area (Å²) in [7, 11) is -8.12. The van der Waals surface area contributed by atoms with Crippen LogP contribution in [0.5, 0.6) is 0 Å². The summed E-state index contributed by atoms with van der Waals surface area (Å²) in [4.78, 5) is 11.5. The maximum absolute atomic E-state index is 12.0. The molecule has 1 aromatic rings. The lowest BCUT2D eigenvalue weighted by Gasteiger charge is -2.36. The summed E-state index contributed by atoms with van der Waals surface area (Å²) in [6.07, 6.45) is 8.65. The molecule has 198 valence electrons. The first-order valence-electron chi connectivity index (χ1n) is 11.4. The van der Waals surface area contributed by atoms with Crippen LogP contribution in [0.2, 0.25) is 0 Å². The van der Waals surface area contributed by atoms with Crippen LogP contribution < -0.4 is 15.2 Å². The SMILES string of the molecule is CC1(C)OB(C2(c3cc(NS(C)(=O)=O)cc(NS(C)(=O)=O)c3)C=CC=C(CCC(N)=O)C2)OC1(C)C. The molecule has 1 saturated heterocycles. The van der Waals surface area contributed by atoms with Crippen molar-refractivity contribution in [1.82, 2.24) is 0 Å². The molecule has 1 fully saturated rings. The van der Waals surface area contributed by atoms with Crippen molar-refractivity contribution in [3.05, 3.63) is 47.6 Å². The third-order valence-corrected chi connectivity index (χ3v) is 7.90. The molecule has 1 aliphatic carbocycles. The molecule has 1 unspecified atom stereocenters. The number of rotatable bonds is 9. The maximum atomic E-state index is 12.0. The second-order valence-corrected chi connectivity index (χ2v) is 14.0. The zero-order chi connectivity index (χ0) is 27.2. The largest absolute Gasteiger partial charge is 0.473 e. The molecule has 36 heavy (non-hydrogen) atoms. The minimum absolute atomic E-state index is 0.162. The van der Waals surface area contributed by atoms with Crippen molar-refractivity contribution >= 4 is 44.4 Å². The predicted octanol–water partition coefficient (Wildman–Crippen LogP) is 2.45. The minimum Gasteiger partial charge on any atom is -0.402 e. The van der Waals surface area contributed by atoms with Crippen LogP contribution in [0.25, 0.3) is 0 Å². The highest BCUT2D eigenvalue weighted by Gasteiger charge is 2.59. The Morgan fingerprint density at radius 2 is 1.47 bits per heavy atom. The number of nitrogens with two attached hydrogens (primary N) is 1. The molecule has 13 heteroatoms. The second kappa shape index (κ2) is 9.51. The summed E-state index contributed by atoms with van der Waals surface area (Å²) in [5, 5.41) is -0.962. The molecule has 3 rings (SSSR count). The number of benzene rings is 1. The van der Waals surface area contributed by atoms with E-state index < -0.39 is 49.6 Å². The van der Waals surface area contributed by atoms with Crippen LogP contribution >= 0.6 is 0 Å². The molecule has 0 spiro atoms. The summed E-state index contributed by atoms with van der Waals surface area (Å²) in [6, 6.07) is 4.68. The lowest BCUT2D eigenvalue weighted by molar-refractivity contribution is -0.118. The van der Waals surface area contributed by atoms with Gasteiger partial charge in [-0.2, -0.15) is 0 Å². The molecule has 0 radical (unpaired) electrons. The van der Waals surface area contributed by atoms with E-state index in [9.17, 15) is 21.6 Å². The summed E-state index contributed by atoms with van der Waals surface area (Å²) in [5.41, 5.74) is 5.90. The number of hydrogen-bond donors (Lipinski definition) is 3. The van der Waals surface area contributed by atoms with Gasteiger partial charge >= 0.3 is 7.12 Å². The lowest BCUT2D eigenvalue weighted by atomic mass is 9.50. The smallest absolute Gasteiger partial charge is 0.402 e. The maximum Gasteiger partial charge on any atom is 0.473 e. The van der Waals surface area contributed by atoms with Crippen LogP contribution in [0, 0.1) is 0 Å². The molecule has 1 aliphatic heterocycles. The third kappa shape index (κ3) is 6.50. The molecule has 4 N–H and O–H groups in total. The Bertz CT molecular complexity index is 1250. The van der Waals surface area contributed by atoms with Gasteiger partial charge in [0.05, 0.1) is 40.4 Å². The Labute approximate surface area is 213 Å². The summed E-state index contributed by atoms with van der Waals surface area (Å²) < 4.78 is 65.9. The molecule has 10 nitrogen and oxygen atoms in total. The summed E-state index contributed by atoms with van der Waals surface area (Å²) >= 11 is 0. The van der Waals surface area contributed by atoms with Crippen LogP contribution in [-0.2, 0) is 39.5 Å². The van der Waals surface area contributed by atoms with Gasteiger partial charge in [-0.3, -0.25) is 14.2 Å². The van der Waals surface area contributed by atoms with E-state index >= 15 is 0 Å². The van der Waals surface area contributed by atoms with Gasteiger partial charge in [0.25, 0.3) is 0 Å². The van der Waals surface area contributed by atoms with E-state index in [4.69, 9.17) is 15.0 Å². The first-order chi connectivity index (χ1) is 16.3. The van der Waals surface area contributed by atoms with Crippen LogP contribution in [0.15, 0.2) is 42.0 Å². The van der Waals surface area contributed by atoms with Gasteiger partial charge in [0.15, 0.2) is 0 Å². The average molecular weight is 539 g/mol. The molecule has 1 heterocycles. The Morgan fingerprint density at radius 3 is 1.92 bits per heavy atom. The van der Waals surface area contributed by atoms with E-state index in [-0.39, 0.29) is 17.8 Å². The van der Waals surface area contributed by atoms with Crippen LogP contribution in [0.3, 0.4) is 0 Å². The van der Waals surface area contributed by atoms with E-state index in [1.54, 1.807) is 12.1 Å². The van der Waals surface area contributed by atoms with Gasteiger partial charge in [0.2, 0.25) is 26.0 Å². The van der Waals surface area contributed by atoms with Gasteiger partial charge in [-0.15, -0.1) is 0 Å². The standard InChI is InChI=1S/C23H34BN3O7S2/c1-21(2)22(3,4)34-24(33-21)23(11-7-8-16(15-23)9-10-20(25)28)17-12-18(26-35(5,29)30)14-19(13-17)27-36(6,31)32/h7-8,11-14,26-27H,9-10,15H2,1-6H3,(H2,25,28). The van der Waals surface area contributed by atoms with Crippen molar-refractivity contribution in [2.45, 2.75) is 63.5 Å². The first-order valence-corrected chi connectivity index (χ1v) is 15.2. The number of primary amides is 1. The zero-order valence-electron chi connectivity index (χ0n) is 21.4. The molecular weight excluding hydrogens is 505 g/mol. The average Bonchev–Trinajstić information content (AvgIpc) is 2.91. The topological polar surface area (TPSA) is 154 Å². The van der Waals surface area contributed by atoms with E-state index in [0.717, 1.165) is 18.1 Å². The molecule has 0 aromatic heterocycles. The first kappa shape index (κ1) is 28.2. The number of anilines is 2. The Morgan fingerprint density at radius 1 is 0.972 bits per heavy atom. The van der Waals surface area contributed by atoms with Gasteiger partial charge in [-0.05, 0) is 64.3 Å². The van der Waals surface area contributed by atoms with Crippen molar-refractivity contribution in [2.24, 2.45) is 5.73 Å². The zero-order valence-corrected chi connectivity index (χ0v) is 23.0. The number of carbonyl (C=O) groups is 1. The third-order valence-electron chi connectivity index (χ3n) is 6.69. The van der Waals surface area contributed by atoms with E-state index in [2.05, 4.69) is 9.44 Å². The van der Waals surface area contributed by atoms with Crippen LogP contribution in [-0.4, -0.2) is 53.6 Å². The van der Waals surface area contributed by atoms with Crippen molar-refractivity contribution in [1.29, 1.82) is 0 Å². The van der Waals surface area contributed by atoms with Gasteiger partial charge in [-0.25, -0.2) is 16.8 Å². The van der Waals surface area contributed by atoms with Gasteiger partial charge in [-0.1, -0.05) is 23.8 Å². The van der Waals surface area contributed by atoms with Gasteiger partial charge in [0.1, 0.15) is 0 Å². The predicted molar refractivity (Wildman–Crippen MR) is 141 cm³/mol. The number of carbonyl (C=O) groups excluding carboxylic acids is 1. The van der Waals surface area contributed by atoms with Crippen molar-refractivity contribution < 1.29 is 30.9 Å². The molecule has 2 aliphatic rings. The van der Waals surface area contributed by atoms with Crippen molar-refractivity contribution in [3.63, 3.8) is 0 Å². The fourth-order valence-corrected chi connectivity index (χ4v) is 5.39. The minimum atomic E-state index is -3.66.